The first-order chi connectivity index (χ1) is 8.81. The van der Waals surface area contributed by atoms with Crippen molar-refractivity contribution in [1.29, 1.82) is 0 Å². The summed E-state index contributed by atoms with van der Waals surface area (Å²) < 4.78 is 1.14. The summed E-state index contributed by atoms with van der Waals surface area (Å²) in [6.45, 7) is 0. The van der Waals surface area contributed by atoms with Crippen LogP contribution < -0.4 is 0 Å². The molecule has 0 aliphatic rings. The number of carbonyl (C=O) groups is 1. The van der Waals surface area contributed by atoms with Crippen molar-refractivity contribution >= 4 is 25.2 Å². The Morgan fingerprint density at radius 1 is 0.889 bits per heavy atom. The van der Waals surface area contributed by atoms with Gasteiger partial charge in [-0.15, -0.1) is 0 Å². The molecular formula is C16H14OSe. The van der Waals surface area contributed by atoms with E-state index in [9.17, 15) is 4.79 Å². The SMILES string of the molecule is C[Se]/C(=C\C(=O)c1ccccc1)c1ccccc1. The fourth-order valence-corrected chi connectivity index (χ4v) is 2.92. The van der Waals surface area contributed by atoms with E-state index in [1.165, 1.54) is 0 Å². The first kappa shape index (κ1) is 12.8. The van der Waals surface area contributed by atoms with Crippen LogP contribution in [0.2, 0.25) is 5.82 Å². The molecule has 0 aromatic heterocycles. The Morgan fingerprint density at radius 3 is 1.89 bits per heavy atom. The maximum absolute atomic E-state index is 12.1. The van der Waals surface area contributed by atoms with Gasteiger partial charge in [0.25, 0.3) is 0 Å². The average molecular weight is 301 g/mol. The second-order valence-corrected chi connectivity index (χ2v) is 5.59. The van der Waals surface area contributed by atoms with Crippen LogP contribution in [0.3, 0.4) is 0 Å². The third kappa shape index (κ3) is 3.19. The van der Waals surface area contributed by atoms with Crippen LogP contribution in [0.1, 0.15) is 15.9 Å². The van der Waals surface area contributed by atoms with Gasteiger partial charge in [0.15, 0.2) is 0 Å². The Kier molecular flexibility index (Phi) is 4.52. The van der Waals surface area contributed by atoms with Crippen molar-refractivity contribution in [3.05, 3.63) is 77.9 Å². The third-order valence-corrected chi connectivity index (χ3v) is 4.26. The van der Waals surface area contributed by atoms with Gasteiger partial charge in [-0.3, -0.25) is 0 Å². The van der Waals surface area contributed by atoms with Crippen molar-refractivity contribution < 1.29 is 4.79 Å². The van der Waals surface area contributed by atoms with Crippen LogP contribution in [0.5, 0.6) is 0 Å². The van der Waals surface area contributed by atoms with Crippen LogP contribution in [-0.2, 0) is 0 Å². The maximum atomic E-state index is 12.1. The molecule has 1 nitrogen and oxygen atoms in total. The Balaban J connectivity index is 2.29. The first-order valence-electron chi connectivity index (χ1n) is 5.72. The number of ketones is 1. The zero-order valence-corrected chi connectivity index (χ0v) is 11.9. The fraction of sp³-hybridized carbons (Fsp3) is 0.0625. The van der Waals surface area contributed by atoms with Gasteiger partial charge in [0.1, 0.15) is 0 Å². The molecule has 2 heteroatoms. The van der Waals surface area contributed by atoms with Gasteiger partial charge in [0, 0.05) is 0 Å². The molecule has 0 N–H and O–H groups in total. The zero-order chi connectivity index (χ0) is 12.8. The third-order valence-electron chi connectivity index (χ3n) is 2.60. The number of allylic oxidation sites excluding steroid dienone is 1. The summed E-state index contributed by atoms with van der Waals surface area (Å²) in [6, 6.07) is 19.5. The molecule has 0 unspecified atom stereocenters. The Bertz CT molecular complexity index is 544. The Hall–Kier alpha value is -1.63. The molecule has 90 valence electrons. The summed E-state index contributed by atoms with van der Waals surface area (Å²) in [5, 5.41) is 0. The van der Waals surface area contributed by atoms with Crippen molar-refractivity contribution in [3.63, 3.8) is 0 Å². The van der Waals surface area contributed by atoms with Gasteiger partial charge in [-0.05, 0) is 0 Å². The van der Waals surface area contributed by atoms with Crippen molar-refractivity contribution in [2.24, 2.45) is 0 Å². The fourth-order valence-electron chi connectivity index (χ4n) is 1.67. The molecule has 0 fully saturated rings. The minimum atomic E-state index is 0.0816. The van der Waals surface area contributed by atoms with Crippen LogP contribution in [0, 0.1) is 0 Å². The molecule has 2 aromatic carbocycles. The van der Waals surface area contributed by atoms with Crippen molar-refractivity contribution in [3.8, 4) is 0 Å². The first-order valence-corrected chi connectivity index (χ1v) is 8.28. The zero-order valence-electron chi connectivity index (χ0n) is 10.2. The predicted octanol–water partition coefficient (Wildman–Crippen LogP) is 3.66. The average Bonchev–Trinajstić information content (AvgIpc) is 2.46. The van der Waals surface area contributed by atoms with E-state index in [1.807, 2.05) is 48.5 Å². The molecule has 0 bridgehead atoms. The molecule has 18 heavy (non-hydrogen) atoms. The van der Waals surface area contributed by atoms with E-state index < -0.39 is 0 Å². The van der Waals surface area contributed by atoms with Gasteiger partial charge in [0.05, 0.1) is 0 Å². The van der Waals surface area contributed by atoms with E-state index in [4.69, 9.17) is 0 Å². The summed E-state index contributed by atoms with van der Waals surface area (Å²) in [6.07, 6.45) is 1.77. The monoisotopic (exact) mass is 302 g/mol. The Morgan fingerprint density at radius 2 is 1.39 bits per heavy atom. The van der Waals surface area contributed by atoms with Gasteiger partial charge in [-0.2, -0.15) is 0 Å². The van der Waals surface area contributed by atoms with Crippen molar-refractivity contribution in [2.45, 2.75) is 5.82 Å². The molecular weight excluding hydrogens is 287 g/mol. The van der Waals surface area contributed by atoms with Crippen LogP contribution in [0.4, 0.5) is 0 Å². The summed E-state index contributed by atoms with van der Waals surface area (Å²) >= 11 is 0.297. The summed E-state index contributed by atoms with van der Waals surface area (Å²) in [7, 11) is 0. The standard InChI is InChI=1S/C16H14OSe/c1-18-16(14-10-6-3-7-11-14)12-15(17)13-8-4-2-5-9-13/h2-12H,1H3/b16-12-. The van der Waals surface area contributed by atoms with Crippen LogP contribution in [-0.4, -0.2) is 20.7 Å². The van der Waals surface area contributed by atoms with Gasteiger partial charge in [-0.1, -0.05) is 0 Å². The van der Waals surface area contributed by atoms with E-state index in [1.54, 1.807) is 6.08 Å². The molecule has 0 radical (unpaired) electrons. The molecule has 2 aromatic rings. The molecule has 0 atom stereocenters. The summed E-state index contributed by atoms with van der Waals surface area (Å²) in [5.74, 6) is 2.21. The predicted molar refractivity (Wildman–Crippen MR) is 76.8 cm³/mol. The minimum absolute atomic E-state index is 0.0816. The van der Waals surface area contributed by atoms with Crippen molar-refractivity contribution in [1.82, 2.24) is 0 Å². The number of carbonyl (C=O) groups excluding carboxylic acids is 1. The van der Waals surface area contributed by atoms with Crippen LogP contribution in [0.25, 0.3) is 4.47 Å². The normalized spacial score (nSPS) is 11.3. The molecule has 0 heterocycles. The topological polar surface area (TPSA) is 17.1 Å². The van der Waals surface area contributed by atoms with Crippen molar-refractivity contribution in [2.75, 3.05) is 0 Å². The molecule has 0 aliphatic heterocycles. The van der Waals surface area contributed by atoms with E-state index >= 15 is 0 Å². The number of hydrogen-bond donors (Lipinski definition) is 0. The van der Waals surface area contributed by atoms with Crippen LogP contribution >= 0.6 is 0 Å². The van der Waals surface area contributed by atoms with E-state index in [0.29, 0.717) is 15.0 Å². The second kappa shape index (κ2) is 6.34. The molecule has 2 rings (SSSR count). The molecule has 0 aliphatic carbocycles. The van der Waals surface area contributed by atoms with E-state index in [-0.39, 0.29) is 5.78 Å². The van der Waals surface area contributed by atoms with E-state index in [2.05, 4.69) is 18.0 Å². The number of benzene rings is 2. The van der Waals surface area contributed by atoms with Gasteiger partial charge in [-0.25, -0.2) is 0 Å². The molecule has 0 amide bonds. The molecule has 0 spiro atoms. The van der Waals surface area contributed by atoms with Gasteiger partial charge < -0.3 is 0 Å². The van der Waals surface area contributed by atoms with E-state index in [0.717, 1.165) is 15.6 Å². The summed E-state index contributed by atoms with van der Waals surface area (Å²) in [4.78, 5) is 12.1. The number of rotatable bonds is 4. The van der Waals surface area contributed by atoms with Gasteiger partial charge in [0.2, 0.25) is 0 Å². The summed E-state index contributed by atoms with van der Waals surface area (Å²) in [5.41, 5.74) is 1.89. The van der Waals surface area contributed by atoms with Crippen LogP contribution in [0.15, 0.2) is 66.7 Å². The quantitative estimate of drug-likeness (QED) is 0.478. The molecule has 0 saturated carbocycles. The second-order valence-electron chi connectivity index (χ2n) is 3.81. The van der Waals surface area contributed by atoms with Gasteiger partial charge >= 0.3 is 114 Å². The Labute approximate surface area is 114 Å². The number of hydrogen-bond acceptors (Lipinski definition) is 1. The molecule has 0 saturated heterocycles.